The molecule has 1 heterocycles. The van der Waals surface area contributed by atoms with Crippen molar-refractivity contribution in [1.82, 2.24) is 0 Å². The molecule has 0 spiro atoms. The fourth-order valence-electron chi connectivity index (χ4n) is 0.895. The van der Waals surface area contributed by atoms with Gasteiger partial charge >= 0.3 is 5.97 Å². The average molecular weight is 248 g/mol. The largest absolute Gasteiger partial charge is 0.506 e. The highest BCUT2D eigenvalue weighted by molar-refractivity contribution is 8.01. The van der Waals surface area contributed by atoms with Gasteiger partial charge in [-0.15, -0.1) is 23.1 Å². The lowest BCUT2D eigenvalue weighted by molar-refractivity contribution is 0.0603. The Hall–Kier alpha value is -0.720. The maximum Gasteiger partial charge on any atom is 0.351 e. The van der Waals surface area contributed by atoms with Gasteiger partial charge in [0, 0.05) is 18.9 Å². The van der Waals surface area contributed by atoms with Crippen molar-refractivity contribution in [3.8, 4) is 5.75 Å². The summed E-state index contributed by atoms with van der Waals surface area (Å²) in [7, 11) is 2.92. The van der Waals surface area contributed by atoms with Crippen LogP contribution >= 0.6 is 23.1 Å². The third-order valence-electron chi connectivity index (χ3n) is 1.59. The molecular weight excluding hydrogens is 236 g/mol. The van der Waals surface area contributed by atoms with Gasteiger partial charge < -0.3 is 14.6 Å². The minimum absolute atomic E-state index is 0.0215. The molecule has 84 valence electrons. The summed E-state index contributed by atoms with van der Waals surface area (Å²) in [6.07, 6.45) is 0. The van der Waals surface area contributed by atoms with Gasteiger partial charge in [-0.3, -0.25) is 0 Å². The second kappa shape index (κ2) is 5.99. The fraction of sp³-hybridized carbons (Fsp3) is 0.444. The molecule has 1 N–H and O–H groups in total. The summed E-state index contributed by atoms with van der Waals surface area (Å²) in [5.74, 6) is 0.264. The first kappa shape index (κ1) is 12.4. The Labute approximate surface area is 96.2 Å². The average Bonchev–Trinajstić information content (AvgIpc) is 2.59. The molecule has 0 saturated heterocycles. The maximum absolute atomic E-state index is 11.2. The first-order chi connectivity index (χ1) is 7.19. The Kier molecular flexibility index (Phi) is 4.93. The maximum atomic E-state index is 11.2. The number of rotatable bonds is 5. The first-order valence-corrected chi connectivity index (χ1v) is 6.02. The predicted octanol–water partition coefficient (Wildman–Crippen LogP) is 1.98. The Morgan fingerprint density at radius 3 is 2.93 bits per heavy atom. The van der Waals surface area contributed by atoms with E-state index in [0.717, 1.165) is 9.96 Å². The van der Waals surface area contributed by atoms with Crippen molar-refractivity contribution in [2.75, 3.05) is 26.6 Å². The van der Waals surface area contributed by atoms with Crippen LogP contribution in [0.3, 0.4) is 0 Å². The Morgan fingerprint density at radius 1 is 1.60 bits per heavy atom. The van der Waals surface area contributed by atoms with E-state index in [2.05, 4.69) is 4.74 Å². The predicted molar refractivity (Wildman–Crippen MR) is 59.9 cm³/mol. The Morgan fingerprint density at radius 2 is 2.33 bits per heavy atom. The quantitative estimate of drug-likeness (QED) is 0.490. The zero-order valence-corrected chi connectivity index (χ0v) is 10.1. The molecule has 0 aliphatic heterocycles. The summed E-state index contributed by atoms with van der Waals surface area (Å²) >= 11 is 2.76. The van der Waals surface area contributed by atoms with Crippen molar-refractivity contribution in [3.05, 3.63) is 10.9 Å². The smallest absolute Gasteiger partial charge is 0.351 e. The van der Waals surface area contributed by atoms with E-state index in [9.17, 15) is 9.90 Å². The molecule has 0 atom stereocenters. The van der Waals surface area contributed by atoms with Crippen LogP contribution < -0.4 is 0 Å². The van der Waals surface area contributed by atoms with Crippen LogP contribution in [-0.2, 0) is 9.47 Å². The molecule has 1 aromatic heterocycles. The van der Waals surface area contributed by atoms with Gasteiger partial charge in [0.05, 0.1) is 17.9 Å². The zero-order chi connectivity index (χ0) is 11.3. The third kappa shape index (κ3) is 3.40. The van der Waals surface area contributed by atoms with Crippen LogP contribution in [0, 0.1) is 0 Å². The van der Waals surface area contributed by atoms with Crippen LogP contribution in [-0.4, -0.2) is 37.7 Å². The molecule has 0 aliphatic rings. The number of hydrogen-bond donors (Lipinski definition) is 1. The van der Waals surface area contributed by atoms with Gasteiger partial charge in [-0.25, -0.2) is 4.79 Å². The van der Waals surface area contributed by atoms with Crippen molar-refractivity contribution >= 4 is 29.1 Å². The highest BCUT2D eigenvalue weighted by Crippen LogP contribution is 2.35. The normalized spacial score (nSPS) is 10.3. The molecule has 4 nitrogen and oxygen atoms in total. The van der Waals surface area contributed by atoms with Crippen LogP contribution in [0.1, 0.15) is 9.67 Å². The van der Waals surface area contributed by atoms with E-state index < -0.39 is 5.97 Å². The van der Waals surface area contributed by atoms with Crippen LogP contribution in [0.15, 0.2) is 10.3 Å². The molecule has 1 rings (SSSR count). The van der Waals surface area contributed by atoms with E-state index >= 15 is 0 Å². The van der Waals surface area contributed by atoms with Crippen molar-refractivity contribution in [2.24, 2.45) is 0 Å². The first-order valence-electron chi connectivity index (χ1n) is 4.22. The van der Waals surface area contributed by atoms with Crippen molar-refractivity contribution in [3.63, 3.8) is 0 Å². The van der Waals surface area contributed by atoms with Gasteiger partial charge in [0.1, 0.15) is 5.75 Å². The molecule has 0 bridgehead atoms. The van der Waals surface area contributed by atoms with Crippen LogP contribution in [0.2, 0.25) is 0 Å². The Balaban J connectivity index is 2.64. The molecule has 0 unspecified atom stereocenters. The lowest BCUT2D eigenvalue weighted by Gasteiger charge is -1.95. The van der Waals surface area contributed by atoms with Gasteiger partial charge in [0.2, 0.25) is 0 Å². The second-order valence-corrected chi connectivity index (χ2v) is 5.06. The van der Waals surface area contributed by atoms with E-state index in [-0.39, 0.29) is 10.6 Å². The summed E-state index contributed by atoms with van der Waals surface area (Å²) in [4.78, 5) is 11.4. The molecular formula is C9H12O4S2. The highest BCUT2D eigenvalue weighted by Gasteiger charge is 2.16. The molecule has 15 heavy (non-hydrogen) atoms. The lowest BCUT2D eigenvalue weighted by atomic mass is 10.4. The number of thioether (sulfide) groups is 1. The standard InChI is InChI=1S/C9H12O4S2/c1-12-3-4-14-7-5-6(10)8(15-7)9(11)13-2/h5,10H,3-4H2,1-2H3. The Bertz CT molecular complexity index is 335. The number of methoxy groups -OCH3 is 2. The third-order valence-corrected chi connectivity index (χ3v) is 3.87. The van der Waals surface area contributed by atoms with Gasteiger partial charge in [-0.2, -0.15) is 0 Å². The van der Waals surface area contributed by atoms with Gasteiger partial charge in [0.15, 0.2) is 4.88 Å². The second-order valence-electron chi connectivity index (χ2n) is 2.61. The van der Waals surface area contributed by atoms with E-state index in [1.54, 1.807) is 13.2 Å². The van der Waals surface area contributed by atoms with Crippen LogP contribution in [0.5, 0.6) is 5.75 Å². The highest BCUT2D eigenvalue weighted by atomic mass is 32.2. The minimum Gasteiger partial charge on any atom is -0.506 e. The molecule has 1 aromatic rings. The number of carbonyl (C=O) groups excluding carboxylic acids is 1. The lowest BCUT2D eigenvalue weighted by Crippen LogP contribution is -1.97. The molecule has 0 saturated carbocycles. The molecule has 0 radical (unpaired) electrons. The summed E-state index contributed by atoms with van der Waals surface area (Å²) < 4.78 is 10.3. The molecule has 0 aliphatic carbocycles. The van der Waals surface area contributed by atoms with E-state index in [4.69, 9.17) is 4.74 Å². The topological polar surface area (TPSA) is 55.8 Å². The number of esters is 1. The van der Waals surface area contributed by atoms with Crippen molar-refractivity contribution < 1.29 is 19.4 Å². The number of aromatic hydroxyl groups is 1. The van der Waals surface area contributed by atoms with Gasteiger partial charge in [-0.05, 0) is 0 Å². The van der Waals surface area contributed by atoms with Gasteiger partial charge in [0.25, 0.3) is 0 Å². The summed E-state index contributed by atoms with van der Waals surface area (Å²) in [6, 6.07) is 1.57. The molecule has 0 amide bonds. The number of thiophene rings is 1. The molecule has 6 heteroatoms. The van der Waals surface area contributed by atoms with Crippen LogP contribution in [0.4, 0.5) is 0 Å². The molecule has 0 aromatic carbocycles. The zero-order valence-electron chi connectivity index (χ0n) is 8.48. The van der Waals surface area contributed by atoms with Gasteiger partial charge in [-0.1, -0.05) is 0 Å². The summed E-state index contributed by atoms with van der Waals surface area (Å²) in [5.41, 5.74) is 0. The number of carbonyl (C=O) groups is 1. The minimum atomic E-state index is -0.504. The van der Waals surface area contributed by atoms with Crippen LogP contribution in [0.25, 0.3) is 0 Å². The fourth-order valence-corrected chi connectivity index (χ4v) is 2.98. The molecule has 0 fully saturated rings. The number of hydrogen-bond acceptors (Lipinski definition) is 6. The van der Waals surface area contributed by atoms with E-state index in [0.29, 0.717) is 6.61 Å². The summed E-state index contributed by atoms with van der Waals surface area (Å²) in [6.45, 7) is 0.636. The SMILES string of the molecule is COCCSc1cc(O)c(C(=O)OC)s1. The van der Waals surface area contributed by atoms with E-state index in [1.165, 1.54) is 30.2 Å². The van der Waals surface area contributed by atoms with Crippen molar-refractivity contribution in [2.45, 2.75) is 4.21 Å². The monoisotopic (exact) mass is 248 g/mol. The van der Waals surface area contributed by atoms with Crippen molar-refractivity contribution in [1.29, 1.82) is 0 Å². The number of ether oxygens (including phenoxy) is 2. The van der Waals surface area contributed by atoms with E-state index in [1.807, 2.05) is 0 Å². The summed E-state index contributed by atoms with van der Waals surface area (Å²) in [5, 5.41) is 9.45.